The number of aromatic nitrogens is 4. The van der Waals surface area contributed by atoms with Crippen molar-refractivity contribution in [2.24, 2.45) is 0 Å². The number of H-pyrrole nitrogens is 2. The summed E-state index contributed by atoms with van der Waals surface area (Å²) in [5.41, 5.74) is 7.01. The molecule has 8 rings (SSSR count). The molecule has 292 valence electrons. The molecule has 2 saturated heterocycles. The SMILES string of the molecule is COC(=O)N[C@@H](C(=O)N1CCC[C@H]1c1ncc(-c2ccc(C#Cc3ccc(-c4cnc([C@@H]5CCCN5C(=O)OCc5ccccc5)[nH]4)cc3)cc2)[nH]1)c1ccccc1. The van der Waals surface area contributed by atoms with Gasteiger partial charge in [0.15, 0.2) is 0 Å². The number of hydrogen-bond acceptors (Lipinski definition) is 7. The second-order valence-corrected chi connectivity index (χ2v) is 14.3. The van der Waals surface area contributed by atoms with Crippen molar-refractivity contribution in [2.45, 2.75) is 50.4 Å². The van der Waals surface area contributed by atoms with Crippen molar-refractivity contribution in [2.75, 3.05) is 20.2 Å². The summed E-state index contributed by atoms with van der Waals surface area (Å²) in [5.74, 6) is 7.75. The van der Waals surface area contributed by atoms with E-state index in [1.807, 2.05) is 115 Å². The van der Waals surface area contributed by atoms with Crippen molar-refractivity contribution >= 4 is 18.1 Å². The first-order chi connectivity index (χ1) is 28.4. The minimum absolute atomic E-state index is 0.159. The second-order valence-electron chi connectivity index (χ2n) is 14.3. The van der Waals surface area contributed by atoms with E-state index in [4.69, 9.17) is 9.47 Å². The fourth-order valence-electron chi connectivity index (χ4n) is 7.58. The molecule has 0 radical (unpaired) electrons. The zero-order chi connectivity index (χ0) is 39.8. The van der Waals surface area contributed by atoms with Crippen LogP contribution >= 0.6 is 0 Å². The van der Waals surface area contributed by atoms with E-state index in [0.717, 1.165) is 70.7 Å². The number of aromatic amines is 2. The molecular weight excluding hydrogens is 731 g/mol. The third kappa shape index (κ3) is 8.49. The van der Waals surface area contributed by atoms with Crippen LogP contribution in [0, 0.1) is 11.8 Å². The summed E-state index contributed by atoms with van der Waals surface area (Å²) in [7, 11) is 1.28. The van der Waals surface area contributed by atoms with Crippen LogP contribution in [0.15, 0.2) is 122 Å². The van der Waals surface area contributed by atoms with E-state index >= 15 is 0 Å². The van der Waals surface area contributed by atoms with E-state index < -0.39 is 12.1 Å². The summed E-state index contributed by atoms with van der Waals surface area (Å²) in [6.45, 7) is 1.43. The lowest BCUT2D eigenvalue weighted by atomic mass is 10.1. The number of nitrogens with one attached hydrogen (secondary N) is 3. The molecule has 0 saturated carbocycles. The van der Waals surface area contributed by atoms with Crippen molar-refractivity contribution in [1.29, 1.82) is 0 Å². The predicted molar refractivity (Wildman–Crippen MR) is 218 cm³/mol. The highest BCUT2D eigenvalue weighted by molar-refractivity contribution is 5.87. The lowest BCUT2D eigenvalue weighted by molar-refractivity contribution is -0.134. The van der Waals surface area contributed by atoms with Gasteiger partial charge in [0.05, 0.1) is 43.0 Å². The number of amides is 3. The topological polar surface area (TPSA) is 146 Å². The normalized spacial score (nSPS) is 16.6. The predicted octanol–water partition coefficient (Wildman–Crippen LogP) is 8.10. The lowest BCUT2D eigenvalue weighted by Crippen LogP contribution is -2.42. The molecule has 12 heteroatoms. The fourth-order valence-corrected chi connectivity index (χ4v) is 7.58. The summed E-state index contributed by atoms with van der Waals surface area (Å²) < 4.78 is 10.4. The largest absolute Gasteiger partial charge is 0.453 e. The number of rotatable bonds is 9. The highest BCUT2D eigenvalue weighted by Crippen LogP contribution is 2.35. The van der Waals surface area contributed by atoms with Crippen molar-refractivity contribution < 1.29 is 23.9 Å². The smallest absolute Gasteiger partial charge is 0.410 e. The number of ether oxygens (including phenoxy) is 2. The number of hydrogen-bond donors (Lipinski definition) is 3. The van der Waals surface area contributed by atoms with Gasteiger partial charge in [-0.1, -0.05) is 96.8 Å². The van der Waals surface area contributed by atoms with Crippen LogP contribution in [0.1, 0.15) is 77.7 Å². The molecule has 2 aliphatic rings. The van der Waals surface area contributed by atoms with Crippen molar-refractivity contribution in [3.63, 3.8) is 0 Å². The number of likely N-dealkylation sites (tertiary alicyclic amines) is 2. The van der Waals surface area contributed by atoms with Gasteiger partial charge in [0.25, 0.3) is 5.91 Å². The molecule has 4 aromatic carbocycles. The zero-order valence-corrected chi connectivity index (χ0v) is 32.1. The summed E-state index contributed by atoms with van der Waals surface area (Å²) in [5, 5.41) is 2.71. The Labute approximate surface area is 336 Å². The van der Waals surface area contributed by atoms with Crippen molar-refractivity contribution in [1.82, 2.24) is 35.1 Å². The standard InChI is InChI=1S/C46H43N7O5/c1-57-45(55)51-41(36-12-6-3-7-13-36)44(54)52-26-8-14-39(52)42-47-28-37(49-42)34-22-18-31(19-23-34)16-17-32-20-24-35(25-21-32)38-29-48-43(50-38)40-15-9-27-53(40)46(56)58-30-33-10-4-2-5-11-33/h2-7,10-13,18-25,28-29,39-41H,8-9,14-15,26-27,30H2,1H3,(H,47,49)(H,48,50)(H,51,55)/t39-,40-,41+/m0/s1. The Bertz CT molecular complexity index is 2420. The molecule has 4 heterocycles. The van der Waals surface area contributed by atoms with Crippen LogP contribution in [0.2, 0.25) is 0 Å². The Morgan fingerprint density at radius 2 is 1.24 bits per heavy atom. The summed E-state index contributed by atoms with van der Waals surface area (Å²) in [6.07, 6.45) is 5.88. The highest BCUT2D eigenvalue weighted by Gasteiger charge is 2.37. The van der Waals surface area contributed by atoms with E-state index in [9.17, 15) is 14.4 Å². The van der Waals surface area contributed by atoms with Gasteiger partial charge in [-0.25, -0.2) is 19.6 Å². The van der Waals surface area contributed by atoms with Gasteiger partial charge in [-0.15, -0.1) is 0 Å². The third-order valence-corrected chi connectivity index (χ3v) is 10.6. The molecule has 0 aliphatic carbocycles. The number of imidazole rings is 2. The van der Waals surface area contributed by atoms with Crippen LogP contribution in [0.3, 0.4) is 0 Å². The van der Waals surface area contributed by atoms with Crippen molar-refractivity contribution in [3.8, 4) is 34.4 Å². The quantitative estimate of drug-likeness (QED) is 0.126. The van der Waals surface area contributed by atoms with E-state index in [0.29, 0.717) is 24.5 Å². The van der Waals surface area contributed by atoms with Gasteiger partial charge in [-0.05, 0) is 72.2 Å². The molecule has 12 nitrogen and oxygen atoms in total. The molecule has 0 unspecified atom stereocenters. The number of benzene rings is 4. The lowest BCUT2D eigenvalue weighted by Gasteiger charge is -2.28. The first-order valence-corrected chi connectivity index (χ1v) is 19.4. The Morgan fingerprint density at radius 3 is 1.79 bits per heavy atom. The fraction of sp³-hybridized carbons (Fsp3) is 0.239. The molecule has 2 aromatic heterocycles. The molecule has 3 amide bonds. The minimum Gasteiger partial charge on any atom is -0.453 e. The van der Waals surface area contributed by atoms with Gasteiger partial charge in [0.1, 0.15) is 24.3 Å². The van der Waals surface area contributed by atoms with Crippen molar-refractivity contribution in [3.05, 3.63) is 155 Å². The Hall–Kier alpha value is -7.13. The van der Waals surface area contributed by atoms with Gasteiger partial charge in [-0.3, -0.25) is 9.69 Å². The van der Waals surface area contributed by atoms with Crippen LogP contribution in [0.5, 0.6) is 0 Å². The van der Waals surface area contributed by atoms with Crippen LogP contribution in [-0.4, -0.2) is 68.0 Å². The maximum Gasteiger partial charge on any atom is 0.410 e. The maximum atomic E-state index is 13.8. The number of alkyl carbamates (subject to hydrolysis) is 1. The second kappa shape index (κ2) is 17.3. The number of nitrogens with zero attached hydrogens (tertiary/aromatic N) is 4. The number of carbonyl (C=O) groups is 3. The minimum atomic E-state index is -0.876. The first-order valence-electron chi connectivity index (χ1n) is 19.4. The first kappa shape index (κ1) is 37.8. The average Bonchev–Trinajstić information content (AvgIpc) is 4.12. The average molecular weight is 774 g/mol. The molecule has 0 bridgehead atoms. The molecule has 0 spiro atoms. The summed E-state index contributed by atoms with van der Waals surface area (Å²) in [6, 6.07) is 33.5. The maximum absolute atomic E-state index is 13.8. The third-order valence-electron chi connectivity index (χ3n) is 10.6. The zero-order valence-electron chi connectivity index (χ0n) is 32.1. The molecular formula is C46H43N7O5. The molecule has 58 heavy (non-hydrogen) atoms. The Kier molecular flexibility index (Phi) is 11.3. The molecule has 2 fully saturated rings. The Morgan fingerprint density at radius 1 is 0.724 bits per heavy atom. The number of carbonyl (C=O) groups excluding carboxylic acids is 3. The van der Waals surface area contributed by atoms with Crippen LogP contribution in [0.25, 0.3) is 22.5 Å². The highest BCUT2D eigenvalue weighted by atomic mass is 16.6. The van der Waals surface area contributed by atoms with E-state index in [1.54, 1.807) is 16.0 Å². The van der Waals surface area contributed by atoms with E-state index in [1.165, 1.54) is 7.11 Å². The van der Waals surface area contributed by atoms with Gasteiger partial charge >= 0.3 is 12.2 Å². The van der Waals surface area contributed by atoms with E-state index in [-0.39, 0.29) is 30.7 Å². The summed E-state index contributed by atoms with van der Waals surface area (Å²) in [4.78, 5) is 58.7. The Balaban J connectivity index is 0.883. The molecule has 3 atom stereocenters. The van der Waals surface area contributed by atoms with Crippen LogP contribution < -0.4 is 5.32 Å². The molecule has 3 N–H and O–H groups in total. The summed E-state index contributed by atoms with van der Waals surface area (Å²) >= 11 is 0. The van der Waals surface area contributed by atoms with Crippen LogP contribution in [-0.2, 0) is 20.9 Å². The van der Waals surface area contributed by atoms with Gasteiger partial charge in [0, 0.05) is 24.2 Å². The van der Waals surface area contributed by atoms with Crippen LogP contribution in [0.4, 0.5) is 9.59 Å². The number of methoxy groups -OCH3 is 1. The van der Waals surface area contributed by atoms with Gasteiger partial charge in [0.2, 0.25) is 0 Å². The molecule has 2 aliphatic heterocycles. The van der Waals surface area contributed by atoms with Gasteiger partial charge < -0.3 is 29.7 Å². The molecule has 6 aromatic rings. The van der Waals surface area contributed by atoms with Gasteiger partial charge in [-0.2, -0.15) is 0 Å². The van der Waals surface area contributed by atoms with E-state index in [2.05, 4.69) is 37.1 Å². The monoisotopic (exact) mass is 773 g/mol.